The van der Waals surface area contributed by atoms with Crippen LogP contribution in [0.1, 0.15) is 59.9 Å². The summed E-state index contributed by atoms with van der Waals surface area (Å²) in [6, 6.07) is 21.5. The van der Waals surface area contributed by atoms with Crippen LogP contribution in [0.5, 0.6) is 0 Å². The van der Waals surface area contributed by atoms with E-state index in [0.717, 1.165) is 47.9 Å². The summed E-state index contributed by atoms with van der Waals surface area (Å²) in [7, 11) is 0. The van der Waals surface area contributed by atoms with Crippen molar-refractivity contribution in [1.82, 2.24) is 10.2 Å². The number of nitrogens with one attached hydrogen (secondary N) is 1. The molecule has 194 valence electrons. The molecule has 0 bridgehead atoms. The number of benzene rings is 3. The molecule has 3 aromatic rings. The minimum Gasteiger partial charge on any atom is -0.352 e. The summed E-state index contributed by atoms with van der Waals surface area (Å²) in [6.45, 7) is 4.32. The van der Waals surface area contributed by atoms with E-state index in [-0.39, 0.29) is 36.6 Å². The second-order valence-electron chi connectivity index (χ2n) is 10.3. The Morgan fingerprint density at radius 2 is 1.54 bits per heavy atom. The molecule has 1 fully saturated rings. The Morgan fingerprint density at radius 1 is 0.865 bits per heavy atom. The smallest absolute Gasteiger partial charge is 0.243 e. The Bertz CT molecular complexity index is 1190. The maximum absolute atomic E-state index is 13.9. The van der Waals surface area contributed by atoms with Crippen LogP contribution in [0.15, 0.2) is 72.8 Å². The molecule has 0 radical (unpaired) electrons. The molecule has 2 amide bonds. The summed E-state index contributed by atoms with van der Waals surface area (Å²) in [5.41, 5.74) is 5.01. The zero-order chi connectivity index (χ0) is 26.2. The largest absolute Gasteiger partial charge is 0.352 e. The van der Waals surface area contributed by atoms with Crippen LogP contribution in [0.2, 0.25) is 0 Å². The molecular weight excluding hydrogens is 463 g/mol. The number of hydrogen-bond donors (Lipinski definition) is 1. The molecular formula is C32H37FN2O2. The highest BCUT2D eigenvalue weighted by Gasteiger charge is 2.32. The van der Waals surface area contributed by atoms with Crippen LogP contribution in [0.25, 0.3) is 0 Å². The Kier molecular flexibility index (Phi) is 9.10. The number of rotatable bonds is 9. The average Bonchev–Trinajstić information content (AvgIpc) is 2.90. The van der Waals surface area contributed by atoms with Gasteiger partial charge in [-0.25, -0.2) is 4.39 Å². The van der Waals surface area contributed by atoms with Crippen molar-refractivity contribution in [3.8, 4) is 0 Å². The van der Waals surface area contributed by atoms with Gasteiger partial charge < -0.3 is 10.2 Å². The van der Waals surface area contributed by atoms with Crippen molar-refractivity contribution in [3.05, 3.63) is 106 Å². The number of carbonyl (C=O) groups is 2. The molecule has 1 atom stereocenters. The summed E-state index contributed by atoms with van der Waals surface area (Å²) in [5, 5.41) is 3.26. The first-order chi connectivity index (χ1) is 17.9. The maximum atomic E-state index is 13.9. The number of carbonyl (C=O) groups excluding carboxylic acids is 2. The first-order valence-electron chi connectivity index (χ1n) is 13.3. The summed E-state index contributed by atoms with van der Waals surface area (Å²) < 4.78 is 13.6. The van der Waals surface area contributed by atoms with Crippen molar-refractivity contribution in [2.45, 2.75) is 77.4 Å². The van der Waals surface area contributed by atoms with Gasteiger partial charge in [-0.05, 0) is 66.6 Å². The molecule has 5 heteroatoms. The van der Waals surface area contributed by atoms with Gasteiger partial charge in [0, 0.05) is 19.0 Å². The molecule has 1 N–H and O–H groups in total. The van der Waals surface area contributed by atoms with Crippen LogP contribution in [0.4, 0.5) is 4.39 Å². The minimum atomic E-state index is -0.673. The van der Waals surface area contributed by atoms with Crippen molar-refractivity contribution < 1.29 is 14.0 Å². The molecule has 4 nitrogen and oxygen atoms in total. The van der Waals surface area contributed by atoms with Crippen LogP contribution in [-0.4, -0.2) is 28.8 Å². The van der Waals surface area contributed by atoms with Gasteiger partial charge in [-0.1, -0.05) is 79.9 Å². The minimum absolute atomic E-state index is 0.118. The van der Waals surface area contributed by atoms with E-state index in [1.165, 1.54) is 24.1 Å². The summed E-state index contributed by atoms with van der Waals surface area (Å²) in [4.78, 5) is 29.4. The molecule has 0 heterocycles. The predicted octanol–water partition coefficient (Wildman–Crippen LogP) is 6.07. The van der Waals surface area contributed by atoms with Crippen molar-refractivity contribution in [1.29, 1.82) is 0 Å². The van der Waals surface area contributed by atoms with Gasteiger partial charge in [0.25, 0.3) is 0 Å². The maximum Gasteiger partial charge on any atom is 0.243 e. The van der Waals surface area contributed by atoms with Crippen LogP contribution >= 0.6 is 0 Å². The summed E-state index contributed by atoms with van der Waals surface area (Å²) in [5.74, 6) is -0.564. The third-order valence-electron chi connectivity index (χ3n) is 7.42. The molecule has 4 rings (SSSR count). The highest BCUT2D eigenvalue weighted by atomic mass is 19.1. The van der Waals surface area contributed by atoms with E-state index in [1.54, 1.807) is 17.0 Å². The van der Waals surface area contributed by atoms with Crippen LogP contribution in [0.3, 0.4) is 0 Å². The van der Waals surface area contributed by atoms with E-state index in [0.29, 0.717) is 6.42 Å². The Balaban J connectivity index is 1.65. The van der Waals surface area contributed by atoms with Crippen molar-refractivity contribution in [2.75, 3.05) is 0 Å². The van der Waals surface area contributed by atoms with E-state index in [2.05, 4.69) is 5.32 Å². The molecule has 1 saturated carbocycles. The summed E-state index contributed by atoms with van der Waals surface area (Å²) in [6.07, 6.45) is 5.98. The number of halogens is 1. The third-order valence-corrected chi connectivity index (χ3v) is 7.42. The third kappa shape index (κ3) is 7.51. The summed E-state index contributed by atoms with van der Waals surface area (Å²) >= 11 is 0. The first-order valence-corrected chi connectivity index (χ1v) is 13.3. The van der Waals surface area contributed by atoms with Crippen molar-refractivity contribution >= 4 is 11.8 Å². The number of nitrogens with zero attached hydrogens (tertiary/aromatic N) is 1. The normalized spacial score (nSPS) is 14.7. The zero-order valence-corrected chi connectivity index (χ0v) is 21.9. The van der Waals surface area contributed by atoms with Crippen molar-refractivity contribution in [3.63, 3.8) is 0 Å². The van der Waals surface area contributed by atoms with Gasteiger partial charge in [-0.2, -0.15) is 0 Å². The second kappa shape index (κ2) is 12.7. The second-order valence-corrected chi connectivity index (χ2v) is 10.3. The SMILES string of the molecule is Cc1ccc(CC(=O)N(Cc2ccc(F)cc2)[C@@H](Cc2ccccc2)C(=O)NC2CCCCC2)cc1C. The van der Waals surface area contributed by atoms with Gasteiger partial charge in [-0.15, -0.1) is 0 Å². The average molecular weight is 501 g/mol. The van der Waals surface area contributed by atoms with Crippen LogP contribution < -0.4 is 5.32 Å². The lowest BCUT2D eigenvalue weighted by Gasteiger charge is -2.33. The molecule has 0 unspecified atom stereocenters. The molecule has 1 aliphatic rings. The molecule has 3 aromatic carbocycles. The lowest BCUT2D eigenvalue weighted by Crippen LogP contribution is -2.53. The van der Waals surface area contributed by atoms with Gasteiger partial charge >= 0.3 is 0 Å². The molecule has 0 aromatic heterocycles. The van der Waals surface area contributed by atoms with Gasteiger partial charge in [0.2, 0.25) is 11.8 Å². The Hall–Kier alpha value is -3.47. The highest BCUT2D eigenvalue weighted by Crippen LogP contribution is 2.21. The molecule has 37 heavy (non-hydrogen) atoms. The molecule has 0 saturated heterocycles. The molecule has 1 aliphatic carbocycles. The fraction of sp³-hybridized carbons (Fsp3) is 0.375. The van der Waals surface area contributed by atoms with Gasteiger partial charge in [0.1, 0.15) is 11.9 Å². The lowest BCUT2D eigenvalue weighted by molar-refractivity contribution is -0.141. The quantitative estimate of drug-likeness (QED) is 0.387. The zero-order valence-electron chi connectivity index (χ0n) is 21.9. The monoisotopic (exact) mass is 500 g/mol. The van der Waals surface area contributed by atoms with Crippen LogP contribution in [0, 0.1) is 19.7 Å². The van der Waals surface area contributed by atoms with E-state index in [1.807, 2.05) is 62.4 Å². The van der Waals surface area contributed by atoms with Gasteiger partial charge in [0.05, 0.1) is 6.42 Å². The molecule has 0 aliphatic heterocycles. The fourth-order valence-corrected chi connectivity index (χ4v) is 5.07. The predicted molar refractivity (Wildman–Crippen MR) is 146 cm³/mol. The lowest BCUT2D eigenvalue weighted by atomic mass is 9.94. The Morgan fingerprint density at radius 3 is 2.22 bits per heavy atom. The number of amides is 2. The Labute approximate surface area is 219 Å². The van der Waals surface area contributed by atoms with Gasteiger partial charge in [-0.3, -0.25) is 9.59 Å². The number of aryl methyl sites for hydroxylation is 2. The standard InChI is InChI=1S/C32H37FN2O2/c1-23-13-14-27(19-24(23)2)21-31(36)35(22-26-15-17-28(33)18-16-26)30(20-25-9-5-3-6-10-25)32(37)34-29-11-7-4-8-12-29/h3,5-6,9-10,13-19,29-30H,4,7-8,11-12,20-22H2,1-2H3,(H,34,37)/t30-/m0/s1. The van der Waals surface area contributed by atoms with Crippen molar-refractivity contribution in [2.24, 2.45) is 0 Å². The van der Waals surface area contributed by atoms with E-state index in [9.17, 15) is 14.0 Å². The number of hydrogen-bond acceptors (Lipinski definition) is 2. The van der Waals surface area contributed by atoms with E-state index < -0.39 is 6.04 Å². The topological polar surface area (TPSA) is 49.4 Å². The first kappa shape index (κ1) is 26.6. The van der Waals surface area contributed by atoms with Crippen LogP contribution in [-0.2, 0) is 29.0 Å². The molecule has 0 spiro atoms. The van der Waals surface area contributed by atoms with E-state index >= 15 is 0 Å². The highest BCUT2D eigenvalue weighted by molar-refractivity contribution is 5.89. The van der Waals surface area contributed by atoms with E-state index in [4.69, 9.17) is 0 Å². The van der Waals surface area contributed by atoms with Gasteiger partial charge in [0.15, 0.2) is 0 Å². The fourth-order valence-electron chi connectivity index (χ4n) is 5.07.